The number of fused-ring (bicyclic) bond motifs is 4. The van der Waals surface area contributed by atoms with E-state index in [1.807, 2.05) is 30.1 Å². The molecule has 7 heteroatoms. The monoisotopic (exact) mass is 654 g/mol. The predicted molar refractivity (Wildman–Crippen MR) is 201 cm³/mol. The number of imidazole rings is 2. The zero-order valence-corrected chi connectivity index (χ0v) is 28.4. The Balaban J connectivity index is 1.19. The van der Waals surface area contributed by atoms with E-state index < -0.39 is 0 Å². The van der Waals surface area contributed by atoms with Gasteiger partial charge in [0.1, 0.15) is 11.6 Å². The SMILES string of the molecule is C=C(/C=c1\c(=C)nc2n1C(c1cccc(-c3cc(-c4ccc(=O)n(C)c4)cc4c3nc3n4C(c4ccccc4)CC3)c1)CC2)c1ccn(C)c1. The molecule has 0 saturated carbocycles. The maximum atomic E-state index is 12.4. The van der Waals surface area contributed by atoms with Crippen LogP contribution in [-0.2, 0) is 26.9 Å². The third-order valence-electron chi connectivity index (χ3n) is 10.6. The second-order valence-corrected chi connectivity index (χ2v) is 13.8. The fraction of sp³-hybridized carbons (Fsp3) is 0.186. The second kappa shape index (κ2) is 11.6. The zero-order valence-electron chi connectivity index (χ0n) is 28.4. The lowest BCUT2D eigenvalue weighted by Crippen LogP contribution is -2.31. The smallest absolute Gasteiger partial charge is 0.250 e. The van der Waals surface area contributed by atoms with E-state index in [-0.39, 0.29) is 17.6 Å². The normalized spacial score (nSPS) is 17.0. The summed E-state index contributed by atoms with van der Waals surface area (Å²) in [5.74, 6) is 2.18. The van der Waals surface area contributed by atoms with Crippen molar-refractivity contribution in [1.29, 1.82) is 0 Å². The van der Waals surface area contributed by atoms with E-state index in [9.17, 15) is 4.79 Å². The lowest BCUT2D eigenvalue weighted by Gasteiger charge is -2.18. The van der Waals surface area contributed by atoms with Crippen LogP contribution < -0.4 is 16.3 Å². The van der Waals surface area contributed by atoms with Crippen LogP contribution in [0.3, 0.4) is 0 Å². The Kier molecular flexibility index (Phi) is 6.98. The second-order valence-electron chi connectivity index (χ2n) is 13.8. The molecule has 3 aromatic carbocycles. The third-order valence-corrected chi connectivity index (χ3v) is 10.6. The van der Waals surface area contributed by atoms with Crippen molar-refractivity contribution in [3.05, 3.63) is 159 Å². The maximum Gasteiger partial charge on any atom is 0.250 e. The maximum absolute atomic E-state index is 12.4. The van der Waals surface area contributed by atoms with Gasteiger partial charge in [0.25, 0.3) is 0 Å². The van der Waals surface area contributed by atoms with Gasteiger partial charge in [0, 0.05) is 57.2 Å². The first-order valence-corrected chi connectivity index (χ1v) is 17.3. The van der Waals surface area contributed by atoms with Gasteiger partial charge in [0.05, 0.1) is 33.8 Å². The van der Waals surface area contributed by atoms with Crippen molar-refractivity contribution in [2.24, 2.45) is 14.1 Å². The summed E-state index contributed by atoms with van der Waals surface area (Å²) in [7, 11) is 3.83. The molecule has 0 saturated heterocycles. The zero-order chi connectivity index (χ0) is 34.1. The molecule has 2 aliphatic heterocycles. The Morgan fingerprint density at radius 1 is 0.780 bits per heavy atom. The van der Waals surface area contributed by atoms with Gasteiger partial charge in [-0.2, -0.15) is 0 Å². The molecule has 0 radical (unpaired) electrons. The molecular formula is C43H38N6O. The highest BCUT2D eigenvalue weighted by atomic mass is 16.1. The highest BCUT2D eigenvalue weighted by Crippen LogP contribution is 2.41. The molecule has 0 N–H and O–H groups in total. The Labute approximate surface area is 290 Å². The molecule has 246 valence electrons. The Hall–Kier alpha value is -5.95. The van der Waals surface area contributed by atoms with Gasteiger partial charge >= 0.3 is 0 Å². The molecule has 6 heterocycles. The fourth-order valence-corrected chi connectivity index (χ4v) is 8.09. The summed E-state index contributed by atoms with van der Waals surface area (Å²) in [5.41, 5.74) is 10.9. The van der Waals surface area contributed by atoms with E-state index in [4.69, 9.17) is 9.97 Å². The van der Waals surface area contributed by atoms with Crippen LogP contribution in [0, 0.1) is 0 Å². The van der Waals surface area contributed by atoms with E-state index >= 15 is 0 Å². The van der Waals surface area contributed by atoms with Crippen molar-refractivity contribution in [3.63, 3.8) is 0 Å². The summed E-state index contributed by atoms with van der Waals surface area (Å²) in [6.45, 7) is 8.71. The van der Waals surface area contributed by atoms with Crippen LogP contribution in [-0.4, -0.2) is 28.2 Å². The number of allylic oxidation sites excluding steroid dienone is 1. The average Bonchev–Trinajstić information content (AvgIpc) is 3.95. The number of pyridine rings is 1. The molecule has 2 unspecified atom stereocenters. The summed E-state index contributed by atoms with van der Waals surface area (Å²) >= 11 is 0. The van der Waals surface area contributed by atoms with Gasteiger partial charge in [-0.05, 0) is 88.2 Å². The minimum atomic E-state index is -0.0260. The number of benzene rings is 3. The van der Waals surface area contributed by atoms with E-state index in [0.717, 1.165) is 92.5 Å². The van der Waals surface area contributed by atoms with E-state index in [1.165, 1.54) is 11.1 Å². The van der Waals surface area contributed by atoms with Gasteiger partial charge in [-0.1, -0.05) is 61.7 Å². The minimum Gasteiger partial charge on any atom is -0.357 e. The predicted octanol–water partition coefficient (Wildman–Crippen LogP) is 6.58. The first kappa shape index (κ1) is 30.1. The number of rotatable bonds is 6. The Morgan fingerprint density at radius 2 is 1.54 bits per heavy atom. The van der Waals surface area contributed by atoms with Crippen LogP contribution in [0.15, 0.2) is 115 Å². The van der Waals surface area contributed by atoms with Crippen molar-refractivity contribution in [2.75, 3.05) is 0 Å². The van der Waals surface area contributed by atoms with Gasteiger partial charge in [-0.3, -0.25) is 4.79 Å². The molecule has 0 bridgehead atoms. The van der Waals surface area contributed by atoms with Gasteiger partial charge in [0.15, 0.2) is 0 Å². The first-order valence-electron chi connectivity index (χ1n) is 17.3. The number of nitrogens with zero attached hydrogens (tertiary/aromatic N) is 6. The standard InChI is InChI=1S/C43H38N6O/c1-27(32-19-20-46(3)25-32)21-38-28(2)44-40-16-15-37(48(38)40)31-12-8-11-30(22-31)35-23-34(33-13-18-42(50)47(4)26-33)24-39-43(35)45-41-17-14-36(49(39)41)29-9-6-5-7-10-29/h5-13,18-26,36-37H,1-2,14-17H2,3-4H3/b38-21+. The fourth-order valence-electron chi connectivity index (χ4n) is 8.09. The minimum absolute atomic E-state index is 0.0260. The van der Waals surface area contributed by atoms with Crippen molar-refractivity contribution in [1.82, 2.24) is 28.2 Å². The molecule has 2 atom stereocenters. The molecule has 7 nitrogen and oxygen atoms in total. The molecule has 2 aliphatic rings. The van der Waals surface area contributed by atoms with Crippen molar-refractivity contribution >= 4 is 29.3 Å². The number of aryl methyl sites for hydroxylation is 4. The van der Waals surface area contributed by atoms with Gasteiger partial charge in [-0.25, -0.2) is 9.97 Å². The van der Waals surface area contributed by atoms with Crippen LogP contribution in [0.4, 0.5) is 0 Å². The van der Waals surface area contributed by atoms with Crippen molar-refractivity contribution < 1.29 is 0 Å². The number of aromatic nitrogens is 6. The third kappa shape index (κ3) is 4.92. The molecule has 0 aliphatic carbocycles. The molecule has 9 rings (SSSR count). The number of hydrogen-bond donors (Lipinski definition) is 0. The van der Waals surface area contributed by atoms with Gasteiger partial charge in [0.2, 0.25) is 5.56 Å². The van der Waals surface area contributed by atoms with Gasteiger partial charge in [-0.15, -0.1) is 0 Å². The molecule has 0 fully saturated rings. The molecule has 50 heavy (non-hydrogen) atoms. The first-order chi connectivity index (χ1) is 24.3. The summed E-state index contributed by atoms with van der Waals surface area (Å²) in [6.07, 6.45) is 12.0. The van der Waals surface area contributed by atoms with E-state index in [1.54, 1.807) is 17.7 Å². The van der Waals surface area contributed by atoms with Crippen LogP contribution in [0.25, 0.3) is 51.5 Å². The highest BCUT2D eigenvalue weighted by molar-refractivity contribution is 5.97. The average molecular weight is 655 g/mol. The molecule has 4 aromatic heterocycles. The van der Waals surface area contributed by atoms with Gasteiger partial charge < -0.3 is 18.3 Å². The summed E-state index contributed by atoms with van der Waals surface area (Å²) in [5, 5.41) is 1.79. The molecule has 0 amide bonds. The summed E-state index contributed by atoms with van der Waals surface area (Å²) < 4.78 is 8.49. The number of hydrogen-bond acceptors (Lipinski definition) is 3. The Bertz CT molecular complexity index is 2650. The molecule has 7 aromatic rings. The summed E-state index contributed by atoms with van der Waals surface area (Å²) in [6, 6.07) is 30.2. The van der Waals surface area contributed by atoms with Crippen molar-refractivity contribution in [2.45, 2.75) is 37.8 Å². The largest absolute Gasteiger partial charge is 0.357 e. The van der Waals surface area contributed by atoms with Crippen LogP contribution >= 0.6 is 0 Å². The lowest BCUT2D eigenvalue weighted by atomic mass is 9.94. The van der Waals surface area contributed by atoms with E-state index in [0.29, 0.717) is 0 Å². The Morgan fingerprint density at radius 3 is 2.30 bits per heavy atom. The molecule has 0 spiro atoms. The van der Waals surface area contributed by atoms with Crippen molar-refractivity contribution in [3.8, 4) is 22.3 Å². The van der Waals surface area contributed by atoms with E-state index in [2.05, 4.69) is 107 Å². The molecular weight excluding hydrogens is 617 g/mol. The lowest BCUT2D eigenvalue weighted by molar-refractivity contribution is 0.607. The summed E-state index contributed by atoms with van der Waals surface area (Å²) in [4.78, 5) is 22.6. The highest BCUT2D eigenvalue weighted by Gasteiger charge is 2.30. The topological polar surface area (TPSA) is 62.6 Å². The van der Waals surface area contributed by atoms with Crippen LogP contribution in [0.5, 0.6) is 0 Å². The van der Waals surface area contributed by atoms with Crippen LogP contribution in [0.2, 0.25) is 0 Å². The quantitative estimate of drug-likeness (QED) is 0.204. The van der Waals surface area contributed by atoms with Crippen LogP contribution in [0.1, 0.15) is 53.3 Å².